The van der Waals surface area contributed by atoms with E-state index in [1.807, 2.05) is 42.2 Å². The smallest absolute Gasteiger partial charge is 0.140 e. The number of alkyl halides is 1. The van der Waals surface area contributed by atoms with Gasteiger partial charge >= 0.3 is 0 Å². The minimum absolute atomic E-state index is 0.235. The molecule has 1 aromatic rings. The summed E-state index contributed by atoms with van der Waals surface area (Å²) in [5, 5.41) is 9.71. The second kappa shape index (κ2) is 7.99. The number of carbonyl (C=O) groups excluding carboxylic acids is 1. The summed E-state index contributed by atoms with van der Waals surface area (Å²) in [6, 6.07) is 8.96. The number of aliphatic hydroxyl groups excluding tert-OH is 1. The zero-order valence-electron chi connectivity index (χ0n) is 13.8. The fraction of sp³-hybridized carbons (Fsp3) is 0.611. The van der Waals surface area contributed by atoms with E-state index in [-0.39, 0.29) is 6.61 Å². The third-order valence-corrected chi connectivity index (χ3v) is 4.57. The molecule has 1 heterocycles. The van der Waals surface area contributed by atoms with Crippen molar-refractivity contribution in [3.8, 4) is 0 Å². The van der Waals surface area contributed by atoms with E-state index in [2.05, 4.69) is 0 Å². The van der Waals surface area contributed by atoms with Gasteiger partial charge in [-0.3, -0.25) is 4.90 Å². The van der Waals surface area contributed by atoms with E-state index in [1.165, 1.54) is 0 Å². The third-order valence-electron chi connectivity index (χ3n) is 4.57. The van der Waals surface area contributed by atoms with Crippen molar-refractivity contribution in [2.24, 2.45) is 0 Å². The van der Waals surface area contributed by atoms with Gasteiger partial charge in [0.1, 0.15) is 13.0 Å². The number of ether oxygens (including phenoxy) is 1. The van der Waals surface area contributed by atoms with Crippen LogP contribution in [0.4, 0.5) is 4.39 Å². The molecule has 0 radical (unpaired) electrons. The van der Waals surface area contributed by atoms with E-state index < -0.39 is 30.5 Å². The van der Waals surface area contributed by atoms with Gasteiger partial charge in [-0.15, -0.1) is 0 Å². The molecular formula is C18H26FNO3. The van der Waals surface area contributed by atoms with E-state index in [0.29, 0.717) is 13.0 Å². The van der Waals surface area contributed by atoms with E-state index in [4.69, 9.17) is 4.74 Å². The fourth-order valence-electron chi connectivity index (χ4n) is 3.39. The van der Waals surface area contributed by atoms with E-state index in [1.54, 1.807) is 6.92 Å². The molecule has 5 heteroatoms. The van der Waals surface area contributed by atoms with Gasteiger partial charge in [0.2, 0.25) is 0 Å². The average Bonchev–Trinajstić information content (AvgIpc) is 2.53. The first-order chi connectivity index (χ1) is 11.0. The predicted octanol–water partition coefficient (Wildman–Crippen LogP) is 2.00. The third kappa shape index (κ3) is 4.37. The minimum Gasteiger partial charge on any atom is -0.393 e. The molecule has 0 amide bonds. The number of aliphatic hydroxyl groups is 1. The molecule has 1 aliphatic rings. The standard InChI is InChI=1S/C18H26FNO3/c1-14(22)10-18(2)17(12-21)20(16(11-19)13-23-18)9-8-15-6-4-3-5-7-15/h3-7,12,14,16-17,22H,8-11,13H2,1-2H3. The number of nitrogens with zero attached hydrogens (tertiary/aromatic N) is 1. The van der Waals surface area contributed by atoms with Gasteiger partial charge in [0.05, 0.1) is 30.4 Å². The Bertz CT molecular complexity index is 496. The van der Waals surface area contributed by atoms with Crippen LogP contribution in [-0.4, -0.2) is 59.9 Å². The Kier molecular flexibility index (Phi) is 6.27. The topological polar surface area (TPSA) is 49.8 Å². The van der Waals surface area contributed by atoms with Gasteiger partial charge in [0.15, 0.2) is 0 Å². The number of benzene rings is 1. The van der Waals surface area contributed by atoms with E-state index in [9.17, 15) is 14.3 Å². The van der Waals surface area contributed by atoms with Crippen molar-refractivity contribution in [2.75, 3.05) is 19.8 Å². The Hall–Kier alpha value is -1.30. The Morgan fingerprint density at radius 1 is 1.48 bits per heavy atom. The molecule has 128 valence electrons. The molecule has 2 rings (SSSR count). The van der Waals surface area contributed by atoms with Crippen molar-refractivity contribution in [1.29, 1.82) is 0 Å². The summed E-state index contributed by atoms with van der Waals surface area (Å²) in [5.74, 6) is 0. The monoisotopic (exact) mass is 323 g/mol. The lowest BCUT2D eigenvalue weighted by atomic mass is 9.86. The van der Waals surface area contributed by atoms with Gasteiger partial charge in [-0.2, -0.15) is 0 Å². The maximum absolute atomic E-state index is 13.4. The predicted molar refractivity (Wildman–Crippen MR) is 87.1 cm³/mol. The number of morpholine rings is 1. The van der Waals surface area contributed by atoms with Crippen LogP contribution in [0.15, 0.2) is 30.3 Å². The van der Waals surface area contributed by atoms with Gasteiger partial charge in [0.25, 0.3) is 0 Å². The first-order valence-electron chi connectivity index (χ1n) is 8.13. The van der Waals surface area contributed by atoms with Gasteiger partial charge in [-0.05, 0) is 25.8 Å². The summed E-state index contributed by atoms with van der Waals surface area (Å²) in [6.07, 6.45) is 1.33. The summed E-state index contributed by atoms with van der Waals surface area (Å²) in [6.45, 7) is 3.76. The summed E-state index contributed by atoms with van der Waals surface area (Å²) in [7, 11) is 0. The van der Waals surface area contributed by atoms with Crippen molar-refractivity contribution in [3.63, 3.8) is 0 Å². The van der Waals surface area contributed by atoms with Crippen LogP contribution < -0.4 is 0 Å². The quantitative estimate of drug-likeness (QED) is 0.780. The highest BCUT2D eigenvalue weighted by atomic mass is 19.1. The van der Waals surface area contributed by atoms with Crippen LogP contribution in [0.2, 0.25) is 0 Å². The van der Waals surface area contributed by atoms with E-state index in [0.717, 1.165) is 18.3 Å². The first-order valence-corrected chi connectivity index (χ1v) is 8.13. The number of carbonyl (C=O) groups is 1. The van der Waals surface area contributed by atoms with Gasteiger partial charge in [0, 0.05) is 13.0 Å². The van der Waals surface area contributed by atoms with Crippen molar-refractivity contribution in [1.82, 2.24) is 4.90 Å². The Labute approximate surface area is 137 Å². The lowest BCUT2D eigenvalue weighted by molar-refractivity contribution is -0.177. The van der Waals surface area contributed by atoms with Crippen LogP contribution in [0.5, 0.6) is 0 Å². The van der Waals surface area contributed by atoms with E-state index >= 15 is 0 Å². The molecule has 1 saturated heterocycles. The zero-order valence-corrected chi connectivity index (χ0v) is 13.8. The van der Waals surface area contributed by atoms with Crippen LogP contribution in [0.1, 0.15) is 25.8 Å². The molecule has 0 aromatic heterocycles. The highest BCUT2D eigenvalue weighted by molar-refractivity contribution is 5.60. The van der Waals surface area contributed by atoms with Crippen molar-refractivity contribution < 1.29 is 19.0 Å². The van der Waals surface area contributed by atoms with Crippen LogP contribution >= 0.6 is 0 Å². The van der Waals surface area contributed by atoms with Crippen molar-refractivity contribution in [2.45, 2.75) is 50.5 Å². The Balaban J connectivity index is 2.15. The molecule has 1 fully saturated rings. The number of hydrogen-bond donors (Lipinski definition) is 1. The molecule has 4 atom stereocenters. The highest BCUT2D eigenvalue weighted by Crippen LogP contribution is 2.31. The second-order valence-electron chi connectivity index (χ2n) is 6.54. The number of halogens is 1. The summed E-state index contributed by atoms with van der Waals surface area (Å²) >= 11 is 0. The second-order valence-corrected chi connectivity index (χ2v) is 6.54. The van der Waals surface area contributed by atoms with Crippen LogP contribution in [0.25, 0.3) is 0 Å². The SMILES string of the molecule is CC(O)CC1(C)OCC(CF)N(CCc2ccccc2)C1C=O. The van der Waals surface area contributed by atoms with Gasteiger partial charge in [-0.1, -0.05) is 30.3 Å². The van der Waals surface area contributed by atoms with Gasteiger partial charge < -0.3 is 14.6 Å². The molecule has 0 bridgehead atoms. The number of aldehydes is 1. The normalized spacial score (nSPS) is 30.1. The van der Waals surface area contributed by atoms with Crippen LogP contribution in [-0.2, 0) is 16.0 Å². The molecule has 23 heavy (non-hydrogen) atoms. The average molecular weight is 323 g/mol. The molecule has 4 nitrogen and oxygen atoms in total. The lowest BCUT2D eigenvalue weighted by Crippen LogP contribution is -2.64. The van der Waals surface area contributed by atoms with Gasteiger partial charge in [-0.25, -0.2) is 4.39 Å². The molecule has 1 aromatic carbocycles. The maximum Gasteiger partial charge on any atom is 0.140 e. The first kappa shape index (κ1) is 18.0. The molecule has 0 aliphatic carbocycles. The molecule has 0 saturated carbocycles. The molecule has 1 aliphatic heterocycles. The summed E-state index contributed by atoms with van der Waals surface area (Å²) in [4.78, 5) is 13.6. The number of rotatable bonds is 7. The Morgan fingerprint density at radius 2 is 2.17 bits per heavy atom. The maximum atomic E-state index is 13.4. The van der Waals surface area contributed by atoms with Crippen LogP contribution in [0.3, 0.4) is 0 Å². The van der Waals surface area contributed by atoms with Crippen LogP contribution in [0, 0.1) is 0 Å². The molecular weight excluding hydrogens is 297 g/mol. The lowest BCUT2D eigenvalue weighted by Gasteiger charge is -2.49. The Morgan fingerprint density at radius 3 is 2.74 bits per heavy atom. The number of hydrogen-bond acceptors (Lipinski definition) is 4. The zero-order chi connectivity index (χ0) is 16.9. The van der Waals surface area contributed by atoms with Crippen molar-refractivity contribution >= 4 is 6.29 Å². The fourth-order valence-corrected chi connectivity index (χ4v) is 3.39. The largest absolute Gasteiger partial charge is 0.393 e. The minimum atomic E-state index is -0.793. The molecule has 1 N–H and O–H groups in total. The highest BCUT2D eigenvalue weighted by Gasteiger charge is 2.46. The molecule has 0 spiro atoms. The summed E-state index contributed by atoms with van der Waals surface area (Å²) in [5.41, 5.74) is 0.358. The van der Waals surface area contributed by atoms with Crippen molar-refractivity contribution in [3.05, 3.63) is 35.9 Å². The summed E-state index contributed by atoms with van der Waals surface area (Å²) < 4.78 is 19.2. The molecule has 4 unspecified atom stereocenters.